The van der Waals surface area contributed by atoms with E-state index < -0.39 is 11.7 Å². The average molecular weight is 230 g/mol. The highest BCUT2D eigenvalue weighted by Crippen LogP contribution is 2.29. The summed E-state index contributed by atoms with van der Waals surface area (Å²) in [7, 11) is 0. The molecule has 88 valence electrons. The van der Waals surface area contributed by atoms with Gasteiger partial charge in [0.05, 0.1) is 5.56 Å². The molecule has 4 heteroatoms. The van der Waals surface area contributed by atoms with E-state index in [0.29, 0.717) is 18.4 Å². The quantitative estimate of drug-likeness (QED) is 0.557. The topological polar surface area (TPSA) is 17.1 Å². The number of aldehydes is 1. The highest BCUT2D eigenvalue weighted by atomic mass is 19.4. The molecule has 0 bridgehead atoms. The minimum atomic E-state index is -4.28. The number of rotatable bonds is 5. The van der Waals surface area contributed by atoms with Crippen LogP contribution >= 0.6 is 0 Å². The van der Waals surface area contributed by atoms with Crippen LogP contribution in [0.2, 0.25) is 0 Å². The molecule has 0 amide bonds. The number of unbranched alkanes of at least 4 members (excludes halogenated alkanes) is 2. The van der Waals surface area contributed by atoms with Gasteiger partial charge in [0.2, 0.25) is 0 Å². The van der Waals surface area contributed by atoms with Gasteiger partial charge in [-0.25, -0.2) is 0 Å². The van der Waals surface area contributed by atoms with E-state index in [9.17, 15) is 18.0 Å². The van der Waals surface area contributed by atoms with Gasteiger partial charge in [-0.05, 0) is 30.9 Å². The predicted molar refractivity (Wildman–Crippen MR) is 55.1 cm³/mol. The fraction of sp³-hybridized carbons (Fsp3) is 0.417. The van der Waals surface area contributed by atoms with Gasteiger partial charge in [0.1, 0.15) is 6.29 Å². The first-order valence-corrected chi connectivity index (χ1v) is 5.14. The summed E-state index contributed by atoms with van der Waals surface area (Å²) in [5.74, 6) is 0. The number of hydrogen-bond donors (Lipinski definition) is 0. The van der Waals surface area contributed by atoms with E-state index in [1.165, 1.54) is 12.1 Å². The molecule has 16 heavy (non-hydrogen) atoms. The summed E-state index contributed by atoms with van der Waals surface area (Å²) >= 11 is 0. The third-order valence-corrected chi connectivity index (χ3v) is 2.29. The summed E-state index contributed by atoms with van der Waals surface area (Å²) in [6, 6.07) is 5.32. The molecule has 0 aliphatic rings. The molecule has 0 radical (unpaired) electrons. The molecular weight excluding hydrogens is 217 g/mol. The Morgan fingerprint density at radius 3 is 2.56 bits per heavy atom. The summed E-state index contributed by atoms with van der Waals surface area (Å²) in [6.07, 6.45) is -0.943. The number of benzene rings is 1. The average Bonchev–Trinajstić information content (AvgIpc) is 2.24. The summed E-state index contributed by atoms with van der Waals surface area (Å²) < 4.78 is 37.1. The van der Waals surface area contributed by atoms with Crippen molar-refractivity contribution in [1.29, 1.82) is 0 Å². The zero-order valence-corrected chi connectivity index (χ0v) is 8.76. The highest BCUT2D eigenvalue weighted by molar-refractivity contribution is 5.48. The second-order valence-corrected chi connectivity index (χ2v) is 3.61. The standard InChI is InChI=1S/C12H13F3O/c13-12(14,15)11-7-4-6-10(9-11)5-2-1-3-8-16/h4,6-9H,1-3,5H2. The molecule has 1 aromatic rings. The van der Waals surface area contributed by atoms with Gasteiger partial charge < -0.3 is 4.79 Å². The lowest BCUT2D eigenvalue weighted by atomic mass is 10.0. The van der Waals surface area contributed by atoms with Crippen molar-refractivity contribution < 1.29 is 18.0 Å². The van der Waals surface area contributed by atoms with Crippen molar-refractivity contribution in [3.63, 3.8) is 0 Å². The highest BCUT2D eigenvalue weighted by Gasteiger charge is 2.30. The molecule has 0 aliphatic carbocycles. The fourth-order valence-corrected chi connectivity index (χ4v) is 1.46. The fourth-order valence-electron chi connectivity index (χ4n) is 1.46. The van der Waals surface area contributed by atoms with Crippen molar-refractivity contribution in [1.82, 2.24) is 0 Å². The lowest BCUT2D eigenvalue weighted by molar-refractivity contribution is -0.137. The van der Waals surface area contributed by atoms with Crippen molar-refractivity contribution in [3.05, 3.63) is 35.4 Å². The third kappa shape index (κ3) is 4.04. The Balaban J connectivity index is 2.57. The predicted octanol–water partition coefficient (Wildman–Crippen LogP) is 3.62. The molecule has 0 aromatic heterocycles. The molecular formula is C12H13F3O. The number of carbonyl (C=O) groups excluding carboxylic acids is 1. The Morgan fingerprint density at radius 2 is 1.94 bits per heavy atom. The van der Waals surface area contributed by atoms with Crippen LogP contribution in [0, 0.1) is 0 Å². The van der Waals surface area contributed by atoms with Crippen LogP contribution in [0.15, 0.2) is 24.3 Å². The molecule has 0 atom stereocenters. The van der Waals surface area contributed by atoms with Crippen LogP contribution in [-0.2, 0) is 17.4 Å². The third-order valence-electron chi connectivity index (χ3n) is 2.29. The molecule has 0 N–H and O–H groups in total. The van der Waals surface area contributed by atoms with Crippen LogP contribution in [0.3, 0.4) is 0 Å². The van der Waals surface area contributed by atoms with Crippen molar-refractivity contribution >= 4 is 6.29 Å². The molecule has 0 unspecified atom stereocenters. The number of alkyl halides is 3. The molecule has 1 aromatic carbocycles. The smallest absolute Gasteiger partial charge is 0.303 e. The number of halogens is 3. The largest absolute Gasteiger partial charge is 0.416 e. The summed E-state index contributed by atoms with van der Waals surface area (Å²) in [5, 5.41) is 0. The molecule has 0 saturated carbocycles. The van der Waals surface area contributed by atoms with Gasteiger partial charge in [-0.1, -0.05) is 18.2 Å². The van der Waals surface area contributed by atoms with Crippen molar-refractivity contribution in [3.8, 4) is 0 Å². The molecule has 1 nitrogen and oxygen atoms in total. The van der Waals surface area contributed by atoms with E-state index in [1.54, 1.807) is 6.07 Å². The number of hydrogen-bond acceptors (Lipinski definition) is 1. The minimum absolute atomic E-state index is 0.471. The maximum absolute atomic E-state index is 12.4. The summed E-state index contributed by atoms with van der Waals surface area (Å²) in [6.45, 7) is 0. The van der Waals surface area contributed by atoms with E-state index >= 15 is 0 Å². The van der Waals surface area contributed by atoms with Crippen molar-refractivity contribution in [2.75, 3.05) is 0 Å². The van der Waals surface area contributed by atoms with E-state index in [2.05, 4.69) is 0 Å². The van der Waals surface area contributed by atoms with Crippen LogP contribution in [0.4, 0.5) is 13.2 Å². The van der Waals surface area contributed by atoms with Crippen LogP contribution in [0.5, 0.6) is 0 Å². The van der Waals surface area contributed by atoms with E-state index in [1.807, 2.05) is 0 Å². The molecule has 0 aliphatic heterocycles. The van der Waals surface area contributed by atoms with Crippen LogP contribution in [-0.4, -0.2) is 6.29 Å². The summed E-state index contributed by atoms with van der Waals surface area (Å²) in [5.41, 5.74) is 0.0566. The SMILES string of the molecule is O=CCCCCc1cccc(C(F)(F)F)c1. The van der Waals surface area contributed by atoms with E-state index in [4.69, 9.17) is 0 Å². The van der Waals surface area contributed by atoms with Gasteiger partial charge in [-0.3, -0.25) is 0 Å². The van der Waals surface area contributed by atoms with Crippen molar-refractivity contribution in [2.45, 2.75) is 31.9 Å². The number of aryl methyl sites for hydroxylation is 1. The minimum Gasteiger partial charge on any atom is -0.303 e. The van der Waals surface area contributed by atoms with Gasteiger partial charge in [-0.15, -0.1) is 0 Å². The maximum atomic E-state index is 12.4. The first kappa shape index (κ1) is 12.7. The van der Waals surface area contributed by atoms with Gasteiger partial charge in [0, 0.05) is 6.42 Å². The molecule has 0 fully saturated rings. The first-order valence-electron chi connectivity index (χ1n) is 5.14. The van der Waals surface area contributed by atoms with Crippen LogP contribution in [0.1, 0.15) is 30.4 Å². The lowest BCUT2D eigenvalue weighted by Gasteiger charge is -2.08. The Bertz CT molecular complexity index is 344. The van der Waals surface area contributed by atoms with Crippen molar-refractivity contribution in [2.24, 2.45) is 0 Å². The van der Waals surface area contributed by atoms with Gasteiger partial charge in [0.25, 0.3) is 0 Å². The first-order chi connectivity index (χ1) is 7.54. The zero-order valence-electron chi connectivity index (χ0n) is 8.76. The Hall–Kier alpha value is -1.32. The van der Waals surface area contributed by atoms with Crippen LogP contribution < -0.4 is 0 Å². The normalized spacial score (nSPS) is 11.4. The molecule has 0 heterocycles. The zero-order chi connectivity index (χ0) is 12.0. The number of carbonyl (C=O) groups is 1. The molecule has 0 spiro atoms. The Morgan fingerprint density at radius 1 is 1.19 bits per heavy atom. The summed E-state index contributed by atoms with van der Waals surface area (Å²) in [4.78, 5) is 10.1. The van der Waals surface area contributed by atoms with Gasteiger partial charge >= 0.3 is 6.18 Å². The molecule has 0 saturated heterocycles. The van der Waals surface area contributed by atoms with Gasteiger partial charge in [0.15, 0.2) is 0 Å². The Labute approximate surface area is 92.3 Å². The van der Waals surface area contributed by atoms with E-state index in [0.717, 1.165) is 25.2 Å². The lowest BCUT2D eigenvalue weighted by Crippen LogP contribution is -2.05. The Kier molecular flexibility index (Phi) is 4.52. The van der Waals surface area contributed by atoms with E-state index in [-0.39, 0.29) is 0 Å². The molecule has 1 rings (SSSR count). The van der Waals surface area contributed by atoms with Crippen LogP contribution in [0.25, 0.3) is 0 Å². The second kappa shape index (κ2) is 5.68. The maximum Gasteiger partial charge on any atom is 0.416 e. The second-order valence-electron chi connectivity index (χ2n) is 3.61. The monoisotopic (exact) mass is 230 g/mol. The van der Waals surface area contributed by atoms with Gasteiger partial charge in [-0.2, -0.15) is 13.2 Å².